The standard InChI is InChI=1S/C18H30N2/c1-3-4-8-13-18(2,15-19)20-14-9-7-11-16-10-5-6-12-17(16)20/h5-6,10,12H,3-4,7-9,11,13-15,19H2,1-2H3. The Bertz CT molecular complexity index is 416. The highest BCUT2D eigenvalue weighted by Gasteiger charge is 2.31. The van der Waals surface area contributed by atoms with Gasteiger partial charge in [-0.25, -0.2) is 0 Å². The molecule has 112 valence electrons. The summed E-state index contributed by atoms with van der Waals surface area (Å²) < 4.78 is 0. The number of unbranched alkanes of at least 4 members (excludes halogenated alkanes) is 2. The summed E-state index contributed by atoms with van der Waals surface area (Å²) in [5, 5.41) is 0. The first-order valence-corrected chi connectivity index (χ1v) is 8.27. The molecule has 1 aromatic rings. The minimum absolute atomic E-state index is 0.107. The lowest BCUT2D eigenvalue weighted by Crippen LogP contribution is -2.52. The lowest BCUT2D eigenvalue weighted by molar-refractivity contribution is 0.381. The summed E-state index contributed by atoms with van der Waals surface area (Å²) in [4.78, 5) is 2.60. The molecule has 1 aromatic carbocycles. The van der Waals surface area contributed by atoms with E-state index in [9.17, 15) is 0 Å². The Morgan fingerprint density at radius 3 is 2.75 bits per heavy atom. The van der Waals surface area contributed by atoms with E-state index in [1.54, 1.807) is 0 Å². The quantitative estimate of drug-likeness (QED) is 0.790. The first-order valence-electron chi connectivity index (χ1n) is 8.27. The van der Waals surface area contributed by atoms with Crippen molar-refractivity contribution in [2.45, 2.75) is 64.3 Å². The summed E-state index contributed by atoms with van der Waals surface area (Å²) in [6.07, 6.45) is 8.85. The summed E-state index contributed by atoms with van der Waals surface area (Å²) in [5.41, 5.74) is 9.22. The highest BCUT2D eigenvalue weighted by Crippen LogP contribution is 2.34. The normalized spacial score (nSPS) is 18.2. The van der Waals surface area contributed by atoms with Crippen LogP contribution in [0.5, 0.6) is 0 Å². The third kappa shape index (κ3) is 3.35. The number of nitrogens with two attached hydrogens (primary N) is 1. The molecule has 0 radical (unpaired) electrons. The first kappa shape index (κ1) is 15.4. The van der Waals surface area contributed by atoms with Gasteiger partial charge in [-0.15, -0.1) is 0 Å². The first-order chi connectivity index (χ1) is 9.71. The Labute approximate surface area is 124 Å². The Kier molecular flexibility index (Phi) is 5.47. The molecule has 0 bridgehead atoms. The largest absolute Gasteiger partial charge is 0.365 e. The van der Waals surface area contributed by atoms with Crippen LogP contribution in [-0.2, 0) is 6.42 Å². The molecule has 1 aliphatic rings. The van der Waals surface area contributed by atoms with Crippen molar-refractivity contribution in [2.75, 3.05) is 18.0 Å². The molecule has 0 aromatic heterocycles. The molecule has 2 N–H and O–H groups in total. The number of hydrogen-bond donors (Lipinski definition) is 1. The molecule has 1 heterocycles. The van der Waals surface area contributed by atoms with E-state index in [0.717, 1.165) is 13.1 Å². The molecule has 0 saturated carbocycles. The van der Waals surface area contributed by atoms with Crippen molar-refractivity contribution in [2.24, 2.45) is 5.73 Å². The molecule has 1 unspecified atom stereocenters. The van der Waals surface area contributed by atoms with E-state index in [1.165, 1.54) is 56.2 Å². The SMILES string of the molecule is CCCCCC(C)(CN)N1CCCCc2ccccc21. The minimum Gasteiger partial charge on any atom is -0.365 e. The van der Waals surface area contributed by atoms with Gasteiger partial charge in [0.05, 0.1) is 0 Å². The summed E-state index contributed by atoms with van der Waals surface area (Å²) in [6.45, 7) is 6.51. The van der Waals surface area contributed by atoms with Gasteiger partial charge in [-0.1, -0.05) is 44.4 Å². The van der Waals surface area contributed by atoms with Crippen molar-refractivity contribution >= 4 is 5.69 Å². The number of nitrogens with zero attached hydrogens (tertiary/aromatic N) is 1. The van der Waals surface area contributed by atoms with Crippen LogP contribution in [0.2, 0.25) is 0 Å². The Morgan fingerprint density at radius 1 is 1.20 bits per heavy atom. The average Bonchev–Trinajstić information content (AvgIpc) is 2.70. The van der Waals surface area contributed by atoms with E-state index in [1.807, 2.05) is 0 Å². The van der Waals surface area contributed by atoms with Gasteiger partial charge in [0.15, 0.2) is 0 Å². The smallest absolute Gasteiger partial charge is 0.0496 e. The summed E-state index contributed by atoms with van der Waals surface area (Å²) >= 11 is 0. The minimum atomic E-state index is 0.107. The van der Waals surface area contributed by atoms with E-state index in [2.05, 4.69) is 43.0 Å². The van der Waals surface area contributed by atoms with Gasteiger partial charge in [0.25, 0.3) is 0 Å². The van der Waals surface area contributed by atoms with Crippen LogP contribution in [0.3, 0.4) is 0 Å². The van der Waals surface area contributed by atoms with E-state index >= 15 is 0 Å². The van der Waals surface area contributed by atoms with Crippen LogP contribution in [0.15, 0.2) is 24.3 Å². The molecule has 2 heteroatoms. The Morgan fingerprint density at radius 2 is 2.00 bits per heavy atom. The molecule has 2 rings (SSSR count). The van der Waals surface area contributed by atoms with Crippen LogP contribution < -0.4 is 10.6 Å². The summed E-state index contributed by atoms with van der Waals surface area (Å²) in [5.74, 6) is 0. The van der Waals surface area contributed by atoms with Gasteiger partial charge in [-0.3, -0.25) is 0 Å². The summed E-state index contributed by atoms with van der Waals surface area (Å²) in [6, 6.07) is 8.91. The molecule has 0 amide bonds. The van der Waals surface area contributed by atoms with Gasteiger partial charge in [0.1, 0.15) is 0 Å². The maximum absolute atomic E-state index is 6.19. The van der Waals surface area contributed by atoms with Crippen molar-refractivity contribution in [1.29, 1.82) is 0 Å². The fourth-order valence-corrected chi connectivity index (χ4v) is 3.36. The number of anilines is 1. The number of fused-ring (bicyclic) bond motifs is 1. The highest BCUT2D eigenvalue weighted by atomic mass is 15.2. The van der Waals surface area contributed by atoms with Crippen molar-refractivity contribution in [3.05, 3.63) is 29.8 Å². The Hall–Kier alpha value is -1.02. The van der Waals surface area contributed by atoms with Crippen LogP contribution in [0.4, 0.5) is 5.69 Å². The third-order valence-electron chi connectivity index (χ3n) is 4.77. The molecule has 2 nitrogen and oxygen atoms in total. The Balaban J connectivity index is 2.24. The average molecular weight is 274 g/mol. The van der Waals surface area contributed by atoms with E-state index in [4.69, 9.17) is 5.73 Å². The van der Waals surface area contributed by atoms with Crippen LogP contribution in [-0.4, -0.2) is 18.6 Å². The molecule has 0 saturated heterocycles. The van der Waals surface area contributed by atoms with E-state index in [0.29, 0.717) is 0 Å². The molecule has 0 aliphatic carbocycles. The molecule has 1 atom stereocenters. The number of para-hydroxylation sites is 1. The van der Waals surface area contributed by atoms with Crippen molar-refractivity contribution in [1.82, 2.24) is 0 Å². The second-order valence-electron chi connectivity index (χ2n) is 6.40. The molecule has 0 spiro atoms. The maximum Gasteiger partial charge on any atom is 0.0496 e. The zero-order chi connectivity index (χ0) is 14.4. The fraction of sp³-hybridized carbons (Fsp3) is 0.667. The van der Waals surface area contributed by atoms with E-state index < -0.39 is 0 Å². The van der Waals surface area contributed by atoms with E-state index in [-0.39, 0.29) is 5.54 Å². The van der Waals surface area contributed by atoms with Gasteiger partial charge in [0.2, 0.25) is 0 Å². The van der Waals surface area contributed by atoms with Crippen LogP contribution in [0.25, 0.3) is 0 Å². The second-order valence-corrected chi connectivity index (χ2v) is 6.40. The number of aryl methyl sites for hydroxylation is 1. The molecular formula is C18H30N2. The third-order valence-corrected chi connectivity index (χ3v) is 4.77. The second kappa shape index (κ2) is 7.12. The van der Waals surface area contributed by atoms with Gasteiger partial charge in [0, 0.05) is 24.3 Å². The number of rotatable bonds is 6. The lowest BCUT2D eigenvalue weighted by Gasteiger charge is -2.43. The topological polar surface area (TPSA) is 29.3 Å². The van der Waals surface area contributed by atoms with Gasteiger partial charge in [-0.05, 0) is 44.2 Å². The monoisotopic (exact) mass is 274 g/mol. The molecule has 20 heavy (non-hydrogen) atoms. The molecule has 0 fully saturated rings. The number of benzene rings is 1. The van der Waals surface area contributed by atoms with Gasteiger partial charge < -0.3 is 10.6 Å². The predicted octanol–water partition coefficient (Wildman–Crippen LogP) is 4.13. The predicted molar refractivity (Wildman–Crippen MR) is 88.3 cm³/mol. The molecular weight excluding hydrogens is 244 g/mol. The lowest BCUT2D eigenvalue weighted by atomic mass is 9.91. The van der Waals surface area contributed by atoms with Crippen molar-refractivity contribution in [3.63, 3.8) is 0 Å². The van der Waals surface area contributed by atoms with Crippen LogP contribution >= 0.6 is 0 Å². The number of hydrogen-bond acceptors (Lipinski definition) is 2. The zero-order valence-electron chi connectivity index (χ0n) is 13.2. The van der Waals surface area contributed by atoms with Crippen LogP contribution in [0.1, 0.15) is 57.9 Å². The van der Waals surface area contributed by atoms with Gasteiger partial charge in [-0.2, -0.15) is 0 Å². The van der Waals surface area contributed by atoms with Gasteiger partial charge >= 0.3 is 0 Å². The maximum atomic E-state index is 6.19. The van der Waals surface area contributed by atoms with Crippen molar-refractivity contribution in [3.8, 4) is 0 Å². The summed E-state index contributed by atoms with van der Waals surface area (Å²) in [7, 11) is 0. The van der Waals surface area contributed by atoms with Crippen LogP contribution in [0, 0.1) is 0 Å². The molecule has 1 aliphatic heterocycles. The van der Waals surface area contributed by atoms with Crippen molar-refractivity contribution < 1.29 is 0 Å². The highest BCUT2D eigenvalue weighted by molar-refractivity contribution is 5.56. The fourth-order valence-electron chi connectivity index (χ4n) is 3.36. The zero-order valence-corrected chi connectivity index (χ0v) is 13.2.